The summed E-state index contributed by atoms with van der Waals surface area (Å²) in [5, 5.41) is 7.86. The normalized spacial score (nSPS) is 12.1. The Morgan fingerprint density at radius 1 is 1.21 bits per heavy atom. The lowest BCUT2D eigenvalue weighted by atomic mass is 9.87. The van der Waals surface area contributed by atoms with Gasteiger partial charge in [0.25, 0.3) is 0 Å². The molecule has 1 N–H and O–H groups in total. The van der Waals surface area contributed by atoms with Gasteiger partial charge in [-0.05, 0) is 30.2 Å². The van der Waals surface area contributed by atoms with E-state index in [4.69, 9.17) is 5.41 Å². The van der Waals surface area contributed by atoms with Crippen LogP contribution in [0.2, 0.25) is 0 Å². The van der Waals surface area contributed by atoms with Gasteiger partial charge in [0, 0.05) is 11.3 Å². The van der Waals surface area contributed by atoms with Crippen molar-refractivity contribution in [1.29, 1.82) is 5.41 Å². The first kappa shape index (κ1) is 15.0. The number of rotatable bonds is 5. The van der Waals surface area contributed by atoms with Gasteiger partial charge in [0.2, 0.25) is 0 Å². The molecule has 1 atom stereocenters. The topological polar surface area (TPSA) is 67.2 Å². The highest BCUT2D eigenvalue weighted by atomic mass is 19.1. The number of benzene rings is 1. The summed E-state index contributed by atoms with van der Waals surface area (Å²) in [6.07, 6.45) is 0. The smallest absolute Gasteiger partial charge is 0.322 e. The first-order valence-electron chi connectivity index (χ1n) is 5.84. The summed E-state index contributed by atoms with van der Waals surface area (Å²) >= 11 is 0. The van der Waals surface area contributed by atoms with Gasteiger partial charge in [-0.1, -0.05) is 13.8 Å². The minimum absolute atomic E-state index is 0.0128. The second-order valence-electron chi connectivity index (χ2n) is 4.44. The summed E-state index contributed by atoms with van der Waals surface area (Å²) in [7, 11) is 1.17. The largest absolute Gasteiger partial charge is 0.468 e. The second kappa shape index (κ2) is 6.22. The Labute approximate surface area is 111 Å². The van der Waals surface area contributed by atoms with Crippen LogP contribution in [0.5, 0.6) is 0 Å². The monoisotopic (exact) mass is 265 g/mol. The molecule has 19 heavy (non-hydrogen) atoms. The number of carbonyl (C=O) groups excluding carboxylic acids is 2. The number of hydrogen-bond donors (Lipinski definition) is 1. The number of hydrogen-bond acceptors (Lipinski definition) is 4. The highest BCUT2D eigenvalue weighted by molar-refractivity contribution is 6.23. The molecular formula is C14H16FNO3. The molecule has 1 unspecified atom stereocenters. The van der Waals surface area contributed by atoms with Crippen molar-refractivity contribution in [1.82, 2.24) is 0 Å². The van der Waals surface area contributed by atoms with Gasteiger partial charge in [-0.15, -0.1) is 0 Å². The Morgan fingerprint density at radius 2 is 1.74 bits per heavy atom. The average Bonchev–Trinajstić information content (AvgIpc) is 2.39. The van der Waals surface area contributed by atoms with Gasteiger partial charge in [0.1, 0.15) is 5.82 Å². The van der Waals surface area contributed by atoms with Crippen LogP contribution in [-0.4, -0.2) is 24.6 Å². The van der Waals surface area contributed by atoms with Gasteiger partial charge in [-0.3, -0.25) is 9.59 Å². The number of ether oxygens (including phenoxy) is 1. The fraction of sp³-hybridized carbons (Fsp3) is 0.357. The molecule has 0 fully saturated rings. The minimum atomic E-state index is -1.27. The average molecular weight is 265 g/mol. The lowest BCUT2D eigenvalue weighted by Crippen LogP contribution is -2.35. The van der Waals surface area contributed by atoms with E-state index in [1.165, 1.54) is 19.2 Å². The van der Waals surface area contributed by atoms with Crippen molar-refractivity contribution in [3.8, 4) is 0 Å². The Balaban J connectivity index is 3.11. The summed E-state index contributed by atoms with van der Waals surface area (Å²) in [6.45, 7) is 3.44. The molecule has 0 radical (unpaired) electrons. The van der Waals surface area contributed by atoms with Crippen molar-refractivity contribution in [3.63, 3.8) is 0 Å². The van der Waals surface area contributed by atoms with Gasteiger partial charge >= 0.3 is 5.97 Å². The molecule has 1 rings (SSSR count). The summed E-state index contributed by atoms with van der Waals surface area (Å²) in [5.41, 5.74) is 0.170. The molecular weight excluding hydrogens is 249 g/mol. The Hall–Kier alpha value is -2.04. The summed E-state index contributed by atoms with van der Waals surface area (Å²) < 4.78 is 17.4. The van der Waals surface area contributed by atoms with Crippen molar-refractivity contribution in [2.24, 2.45) is 11.8 Å². The first-order valence-corrected chi connectivity index (χ1v) is 5.84. The number of ketones is 1. The van der Waals surface area contributed by atoms with E-state index in [1.54, 1.807) is 13.8 Å². The third kappa shape index (κ3) is 3.47. The molecule has 0 spiro atoms. The Morgan fingerprint density at radius 3 is 2.16 bits per heavy atom. The van der Waals surface area contributed by atoms with E-state index >= 15 is 0 Å². The predicted octanol–water partition coefficient (Wildman–Crippen LogP) is 2.47. The second-order valence-corrected chi connectivity index (χ2v) is 4.44. The van der Waals surface area contributed by atoms with Crippen molar-refractivity contribution < 1.29 is 18.7 Å². The van der Waals surface area contributed by atoms with Crippen LogP contribution in [0.3, 0.4) is 0 Å². The molecule has 0 saturated heterocycles. The van der Waals surface area contributed by atoms with Gasteiger partial charge < -0.3 is 10.1 Å². The van der Waals surface area contributed by atoms with Crippen LogP contribution in [0, 0.1) is 23.1 Å². The third-order valence-corrected chi connectivity index (χ3v) is 2.76. The van der Waals surface area contributed by atoms with Gasteiger partial charge in [0.15, 0.2) is 11.7 Å². The molecule has 0 aliphatic heterocycles. The van der Waals surface area contributed by atoms with Crippen molar-refractivity contribution >= 4 is 17.5 Å². The zero-order valence-electron chi connectivity index (χ0n) is 11.1. The van der Waals surface area contributed by atoms with Crippen molar-refractivity contribution in [2.45, 2.75) is 13.8 Å². The third-order valence-electron chi connectivity index (χ3n) is 2.76. The van der Waals surface area contributed by atoms with Crippen LogP contribution in [0.1, 0.15) is 24.2 Å². The number of esters is 1. The summed E-state index contributed by atoms with van der Waals surface area (Å²) in [4.78, 5) is 23.9. The first-order chi connectivity index (χ1) is 8.88. The molecule has 102 valence electrons. The number of nitrogens with one attached hydrogen (secondary N) is 1. The van der Waals surface area contributed by atoms with Crippen LogP contribution in [-0.2, 0) is 9.53 Å². The molecule has 0 saturated carbocycles. The van der Waals surface area contributed by atoms with E-state index in [2.05, 4.69) is 4.74 Å². The zero-order valence-corrected chi connectivity index (χ0v) is 11.1. The van der Waals surface area contributed by atoms with Crippen LogP contribution >= 0.6 is 0 Å². The predicted molar refractivity (Wildman–Crippen MR) is 68.8 cm³/mol. The van der Waals surface area contributed by atoms with Crippen LogP contribution in [0.25, 0.3) is 0 Å². The Bertz CT molecular complexity index is 494. The molecule has 1 aromatic rings. The summed E-state index contributed by atoms with van der Waals surface area (Å²) in [6, 6.07) is 4.86. The van der Waals surface area contributed by atoms with Crippen LogP contribution < -0.4 is 0 Å². The molecule has 0 aromatic heterocycles. The minimum Gasteiger partial charge on any atom is -0.468 e. The van der Waals surface area contributed by atoms with E-state index < -0.39 is 23.5 Å². The molecule has 0 heterocycles. The van der Waals surface area contributed by atoms with E-state index in [-0.39, 0.29) is 17.2 Å². The highest BCUT2D eigenvalue weighted by Crippen LogP contribution is 2.16. The maximum absolute atomic E-state index is 12.8. The molecule has 0 aliphatic carbocycles. The van der Waals surface area contributed by atoms with Gasteiger partial charge in [-0.2, -0.15) is 0 Å². The van der Waals surface area contributed by atoms with Gasteiger partial charge in [-0.25, -0.2) is 4.39 Å². The van der Waals surface area contributed by atoms with Crippen LogP contribution in [0.15, 0.2) is 24.3 Å². The fourth-order valence-corrected chi connectivity index (χ4v) is 1.61. The highest BCUT2D eigenvalue weighted by Gasteiger charge is 2.33. The number of halogens is 1. The summed E-state index contributed by atoms with van der Waals surface area (Å²) in [5.74, 6) is -3.31. The van der Waals surface area contributed by atoms with E-state index in [0.717, 1.165) is 12.1 Å². The molecule has 5 heteroatoms. The SMILES string of the molecule is COC(=O)C(C(=N)C(C)C)C(=O)c1ccc(F)cc1. The molecule has 0 bridgehead atoms. The zero-order chi connectivity index (χ0) is 14.6. The number of carbonyl (C=O) groups is 2. The lowest BCUT2D eigenvalue weighted by Gasteiger charge is -2.17. The van der Waals surface area contributed by atoms with E-state index in [0.29, 0.717) is 0 Å². The molecule has 0 amide bonds. The maximum Gasteiger partial charge on any atom is 0.322 e. The molecule has 1 aromatic carbocycles. The van der Waals surface area contributed by atoms with Crippen LogP contribution in [0.4, 0.5) is 4.39 Å². The van der Waals surface area contributed by atoms with Crippen molar-refractivity contribution in [3.05, 3.63) is 35.6 Å². The van der Waals surface area contributed by atoms with E-state index in [1.807, 2.05) is 0 Å². The number of methoxy groups -OCH3 is 1. The maximum atomic E-state index is 12.8. The number of Topliss-reactive ketones (excluding diaryl/α,β-unsaturated/α-hetero) is 1. The fourth-order valence-electron chi connectivity index (χ4n) is 1.61. The Kier molecular flexibility index (Phi) is 4.92. The quantitative estimate of drug-likeness (QED) is 0.385. The van der Waals surface area contributed by atoms with E-state index in [9.17, 15) is 14.0 Å². The lowest BCUT2D eigenvalue weighted by molar-refractivity contribution is -0.141. The molecule has 4 nitrogen and oxygen atoms in total. The van der Waals surface area contributed by atoms with Gasteiger partial charge in [0.05, 0.1) is 7.11 Å². The van der Waals surface area contributed by atoms with Crippen molar-refractivity contribution in [2.75, 3.05) is 7.11 Å². The molecule has 0 aliphatic rings. The standard InChI is InChI=1S/C14H16FNO3/c1-8(2)12(16)11(14(18)19-3)13(17)9-4-6-10(15)7-5-9/h4-8,11,16H,1-3H3.